The van der Waals surface area contributed by atoms with Crippen LogP contribution in [0.3, 0.4) is 0 Å². The van der Waals surface area contributed by atoms with Crippen molar-refractivity contribution in [2.24, 2.45) is 45.3 Å². The summed E-state index contributed by atoms with van der Waals surface area (Å²) in [4.78, 5) is 106. The van der Waals surface area contributed by atoms with Crippen LogP contribution in [0.15, 0.2) is 35.5 Å². The largest absolute Gasteiger partial charge is 0.392 e. The summed E-state index contributed by atoms with van der Waals surface area (Å²) in [5.74, 6) is -3.72. The van der Waals surface area contributed by atoms with E-state index in [1.807, 2.05) is 34.6 Å². The number of Topliss-reactive ketones (excluding diaryl/α,β-unsaturated/α-hetero) is 3. The molecule has 3 fully saturated rings. The molecule has 0 radical (unpaired) electrons. The van der Waals surface area contributed by atoms with Gasteiger partial charge in [-0.3, -0.25) is 53.3 Å². The van der Waals surface area contributed by atoms with Gasteiger partial charge in [-0.25, -0.2) is 0 Å². The monoisotopic (exact) mass is 909 g/mol. The fourth-order valence-corrected chi connectivity index (χ4v) is 13.2. The van der Waals surface area contributed by atoms with Gasteiger partial charge < -0.3 is 20.8 Å². The Morgan fingerprint density at radius 1 is 0.970 bits per heavy atom. The first-order valence-corrected chi connectivity index (χ1v) is 23.5. The van der Waals surface area contributed by atoms with Gasteiger partial charge in [0.1, 0.15) is 23.3 Å². The number of allylic oxidation sites excluding steroid dienone is 1. The number of hydrogen-bond donors (Lipinski definition) is 5. The summed E-state index contributed by atoms with van der Waals surface area (Å²) < 4.78 is 1.62. The number of carbonyl (C=O) groups excluding carboxylic acids is 8. The molecule has 10 atom stereocenters. The van der Waals surface area contributed by atoms with Crippen LogP contribution < -0.4 is 16.0 Å². The molecule has 2 aliphatic heterocycles. The molecular weight excluding hydrogens is 847 g/mol. The number of rotatable bonds is 14. The van der Waals surface area contributed by atoms with E-state index in [1.165, 1.54) is 6.07 Å². The standard InChI is InChI=1S/C49H63N7O10/c1-25(30-20-37(61)49(7)41-33(58)21-35-46(3,4)36(60)14-15-47(35,5)40(41)34(59)22-48(30,49)6)18-28(57)19-26(2)42(63)50-16-9-17-55-24-27(53-54-55)23-51-31-11-8-10-29-39(31)45(66)56(44(29)65)32-12-13-38(62)52-43(32)64/h8,10-11,24-26,30,32-33,35,37,51,58,61H,9,12-23H2,1-7H3,(H,50,63)(H,52,62,64)/t25-,26-,30-,32?,33+,35+,37+,47+,48-,49+/m1/s1. The lowest BCUT2D eigenvalue weighted by molar-refractivity contribution is -0.146. The minimum absolute atomic E-state index is 0.0251. The molecule has 1 aromatic carbocycles. The summed E-state index contributed by atoms with van der Waals surface area (Å²) in [5.41, 5.74) is -0.386. The third-order valence-electron chi connectivity index (χ3n) is 17.0. The Labute approximate surface area is 384 Å². The second-order valence-electron chi connectivity index (χ2n) is 21.2. The summed E-state index contributed by atoms with van der Waals surface area (Å²) >= 11 is 0. The van der Waals surface area contributed by atoms with E-state index < -0.39 is 69.5 Å². The molecule has 1 unspecified atom stereocenters. The second-order valence-corrected chi connectivity index (χ2v) is 21.2. The van der Waals surface area contributed by atoms with E-state index in [-0.39, 0.29) is 90.8 Å². The molecule has 354 valence electrons. The predicted molar refractivity (Wildman–Crippen MR) is 238 cm³/mol. The van der Waals surface area contributed by atoms with Crippen molar-refractivity contribution in [2.45, 2.75) is 144 Å². The van der Waals surface area contributed by atoms with Gasteiger partial charge in [-0.15, -0.1) is 5.10 Å². The molecule has 0 bridgehead atoms. The summed E-state index contributed by atoms with van der Waals surface area (Å²) in [5, 5.41) is 40.4. The van der Waals surface area contributed by atoms with Crippen LogP contribution in [0.5, 0.6) is 0 Å². The molecule has 66 heavy (non-hydrogen) atoms. The van der Waals surface area contributed by atoms with Gasteiger partial charge >= 0.3 is 0 Å². The molecule has 0 spiro atoms. The Bertz CT molecular complexity index is 2460. The number of aromatic nitrogens is 3. The van der Waals surface area contributed by atoms with E-state index in [0.29, 0.717) is 67.7 Å². The molecule has 4 aliphatic carbocycles. The van der Waals surface area contributed by atoms with Gasteiger partial charge in [-0.1, -0.05) is 59.7 Å². The lowest BCUT2D eigenvalue weighted by Gasteiger charge is -2.61. The molecular formula is C49H63N7O10. The zero-order chi connectivity index (χ0) is 47.8. The number of fused-ring (bicyclic) bond motifs is 5. The number of carbonyl (C=O) groups is 8. The number of aliphatic hydroxyl groups excluding tert-OH is 2. The quantitative estimate of drug-likeness (QED) is 0.134. The van der Waals surface area contributed by atoms with Crippen LogP contribution in [-0.2, 0) is 41.9 Å². The lowest BCUT2D eigenvalue weighted by atomic mass is 9.42. The Hall–Kier alpha value is -5.42. The van der Waals surface area contributed by atoms with Crippen molar-refractivity contribution in [3.05, 3.63) is 52.4 Å². The molecule has 17 nitrogen and oxygen atoms in total. The Morgan fingerprint density at radius 3 is 2.44 bits per heavy atom. The van der Waals surface area contributed by atoms with Crippen molar-refractivity contribution in [2.75, 3.05) is 11.9 Å². The highest BCUT2D eigenvalue weighted by Gasteiger charge is 2.70. The van der Waals surface area contributed by atoms with E-state index in [2.05, 4.69) is 33.2 Å². The fraction of sp³-hybridized carbons (Fsp3) is 0.633. The zero-order valence-corrected chi connectivity index (χ0v) is 39.0. The van der Waals surface area contributed by atoms with E-state index in [0.717, 1.165) is 4.90 Å². The molecule has 1 saturated heterocycles. The van der Waals surface area contributed by atoms with Crippen LogP contribution in [0.4, 0.5) is 5.69 Å². The van der Waals surface area contributed by atoms with Crippen molar-refractivity contribution in [1.29, 1.82) is 0 Å². The third-order valence-corrected chi connectivity index (χ3v) is 17.0. The van der Waals surface area contributed by atoms with Crippen molar-refractivity contribution in [3.8, 4) is 0 Å². The van der Waals surface area contributed by atoms with Gasteiger partial charge in [0.05, 0.1) is 36.1 Å². The molecule has 17 heteroatoms. The number of piperidine rings is 1. The Kier molecular flexibility index (Phi) is 12.1. The number of benzene rings is 1. The third kappa shape index (κ3) is 7.53. The smallest absolute Gasteiger partial charge is 0.264 e. The van der Waals surface area contributed by atoms with Crippen molar-refractivity contribution in [3.63, 3.8) is 0 Å². The van der Waals surface area contributed by atoms with Gasteiger partial charge in [0.25, 0.3) is 11.8 Å². The average molecular weight is 910 g/mol. The molecule has 3 heterocycles. The normalized spacial score (nSPS) is 32.3. The highest BCUT2D eigenvalue weighted by Crippen LogP contribution is 2.71. The average Bonchev–Trinajstić information content (AvgIpc) is 3.88. The van der Waals surface area contributed by atoms with Crippen LogP contribution in [-0.4, -0.2) is 102 Å². The topological polar surface area (TPSA) is 247 Å². The maximum absolute atomic E-state index is 14.4. The number of nitrogens with one attached hydrogen (secondary N) is 3. The Morgan fingerprint density at radius 2 is 1.71 bits per heavy atom. The van der Waals surface area contributed by atoms with Gasteiger partial charge in [-0.05, 0) is 73.0 Å². The minimum atomic E-state index is -1.07. The summed E-state index contributed by atoms with van der Waals surface area (Å²) in [6.45, 7) is 14.6. The molecule has 6 aliphatic rings. The number of nitrogens with zero attached hydrogens (tertiary/aromatic N) is 4. The van der Waals surface area contributed by atoms with E-state index in [1.54, 1.807) is 29.9 Å². The summed E-state index contributed by atoms with van der Waals surface area (Å²) in [6.07, 6.45) is 2.59. The molecule has 5 N–H and O–H groups in total. The Balaban J connectivity index is 0.811. The SMILES string of the molecule is C[C@H](CC(=O)C[C@@H](C)[C@H]1C[C@H](O)[C@@]2(C)C3=C(C(=O)C[C@]12C)[C@@]1(C)CCC(=O)C(C)(C)[C@@H]1C[C@@H]3O)C(=O)NCCCn1cc(CNc2cccc3c2C(=O)N(C2CCC(=O)NC2=O)C3=O)nn1. The van der Waals surface area contributed by atoms with Crippen LogP contribution in [0, 0.1) is 45.3 Å². The summed E-state index contributed by atoms with van der Waals surface area (Å²) in [6, 6.07) is 3.74. The summed E-state index contributed by atoms with van der Waals surface area (Å²) in [7, 11) is 0. The highest BCUT2D eigenvalue weighted by molar-refractivity contribution is 6.25. The first-order valence-electron chi connectivity index (χ1n) is 23.5. The fourth-order valence-electron chi connectivity index (χ4n) is 13.2. The molecule has 2 saturated carbocycles. The highest BCUT2D eigenvalue weighted by atomic mass is 16.3. The number of imide groups is 2. The second kappa shape index (κ2) is 17.0. The van der Waals surface area contributed by atoms with Gasteiger partial charge in [0.15, 0.2) is 5.78 Å². The van der Waals surface area contributed by atoms with Crippen LogP contribution in [0.2, 0.25) is 0 Å². The maximum atomic E-state index is 14.4. The number of amides is 5. The number of aryl methyl sites for hydroxylation is 1. The van der Waals surface area contributed by atoms with Crippen molar-refractivity contribution >= 4 is 52.6 Å². The minimum Gasteiger partial charge on any atom is -0.392 e. The number of hydrogen-bond acceptors (Lipinski definition) is 13. The van der Waals surface area contributed by atoms with Crippen molar-refractivity contribution < 1.29 is 48.6 Å². The number of ketones is 3. The van der Waals surface area contributed by atoms with E-state index >= 15 is 0 Å². The van der Waals surface area contributed by atoms with Crippen molar-refractivity contribution in [1.82, 2.24) is 30.5 Å². The molecule has 2 aromatic rings. The van der Waals surface area contributed by atoms with Gasteiger partial charge in [0.2, 0.25) is 17.7 Å². The van der Waals surface area contributed by atoms with Gasteiger partial charge in [-0.2, -0.15) is 0 Å². The van der Waals surface area contributed by atoms with Crippen LogP contribution in [0.25, 0.3) is 0 Å². The number of aliphatic hydroxyl groups is 2. The lowest BCUT2D eigenvalue weighted by Crippen LogP contribution is -2.60. The molecule has 1 aromatic heterocycles. The number of anilines is 1. The van der Waals surface area contributed by atoms with E-state index in [9.17, 15) is 48.6 Å². The first-order chi connectivity index (χ1) is 31.0. The van der Waals surface area contributed by atoms with Crippen LogP contribution >= 0.6 is 0 Å². The molecule has 5 amide bonds. The van der Waals surface area contributed by atoms with E-state index in [4.69, 9.17) is 0 Å². The maximum Gasteiger partial charge on any atom is 0.264 e. The first kappa shape index (κ1) is 47.1. The van der Waals surface area contributed by atoms with Crippen LogP contribution in [0.1, 0.15) is 139 Å². The van der Waals surface area contributed by atoms with Gasteiger partial charge in [0, 0.05) is 78.6 Å². The molecule has 8 rings (SSSR count). The zero-order valence-electron chi connectivity index (χ0n) is 39.0. The predicted octanol–water partition coefficient (Wildman–Crippen LogP) is 3.86.